The molecule has 1 aliphatic rings. The van der Waals surface area contributed by atoms with Gasteiger partial charge in [0.1, 0.15) is 5.82 Å². The Bertz CT molecular complexity index is 421. The number of anilines is 1. The van der Waals surface area contributed by atoms with Crippen LogP contribution >= 0.6 is 12.6 Å². The number of hydrogen-bond donors (Lipinski definition) is 1. The van der Waals surface area contributed by atoms with E-state index in [-0.39, 0.29) is 11.7 Å². The van der Waals surface area contributed by atoms with E-state index >= 15 is 0 Å². The van der Waals surface area contributed by atoms with Crippen molar-refractivity contribution in [1.82, 2.24) is 0 Å². The van der Waals surface area contributed by atoms with Crippen molar-refractivity contribution in [3.63, 3.8) is 0 Å². The van der Waals surface area contributed by atoms with E-state index < -0.39 is 0 Å². The predicted octanol–water partition coefficient (Wildman–Crippen LogP) is 2.42. The van der Waals surface area contributed by atoms with Crippen molar-refractivity contribution >= 4 is 24.2 Å². The van der Waals surface area contributed by atoms with Crippen molar-refractivity contribution in [2.45, 2.75) is 13.3 Å². The number of amides is 1. The Morgan fingerprint density at radius 1 is 1.56 bits per heavy atom. The Labute approximate surface area is 99.9 Å². The molecule has 1 aliphatic heterocycles. The highest BCUT2D eigenvalue weighted by Gasteiger charge is 2.30. The lowest BCUT2D eigenvalue weighted by molar-refractivity contribution is -0.117. The molecule has 1 heterocycles. The van der Waals surface area contributed by atoms with Crippen LogP contribution in [0.2, 0.25) is 0 Å². The molecule has 0 N–H and O–H groups in total. The lowest BCUT2D eigenvalue weighted by Gasteiger charge is -2.18. The first kappa shape index (κ1) is 11.5. The number of aryl methyl sites for hydroxylation is 1. The molecule has 86 valence electrons. The van der Waals surface area contributed by atoms with Gasteiger partial charge < -0.3 is 4.90 Å². The Balaban J connectivity index is 2.28. The third-order valence-corrected chi connectivity index (χ3v) is 3.43. The zero-order valence-electron chi connectivity index (χ0n) is 9.11. The summed E-state index contributed by atoms with van der Waals surface area (Å²) >= 11 is 4.21. The van der Waals surface area contributed by atoms with E-state index in [1.165, 1.54) is 12.1 Å². The van der Waals surface area contributed by atoms with Crippen LogP contribution in [-0.2, 0) is 4.79 Å². The van der Waals surface area contributed by atoms with Gasteiger partial charge in [0.05, 0.1) is 0 Å². The molecular formula is C12H14FNOS. The van der Waals surface area contributed by atoms with Crippen LogP contribution in [0.15, 0.2) is 18.2 Å². The maximum absolute atomic E-state index is 13.0. The highest BCUT2D eigenvalue weighted by atomic mass is 32.1. The Morgan fingerprint density at radius 3 is 2.88 bits per heavy atom. The number of thiol groups is 1. The summed E-state index contributed by atoms with van der Waals surface area (Å²) in [5.74, 6) is 0.857. The summed E-state index contributed by atoms with van der Waals surface area (Å²) in [6, 6.07) is 4.52. The molecule has 2 rings (SSSR count). The summed E-state index contributed by atoms with van der Waals surface area (Å²) < 4.78 is 13.0. The number of halogens is 1. The molecule has 1 amide bonds. The smallest absolute Gasteiger partial charge is 0.227 e. The Kier molecular flexibility index (Phi) is 3.19. The molecule has 16 heavy (non-hydrogen) atoms. The molecule has 1 fully saturated rings. The molecule has 0 aromatic heterocycles. The molecule has 0 aliphatic carbocycles. The molecular weight excluding hydrogens is 225 g/mol. The summed E-state index contributed by atoms with van der Waals surface area (Å²) in [5.41, 5.74) is 1.61. The third-order valence-electron chi connectivity index (χ3n) is 2.91. The second-order valence-corrected chi connectivity index (χ2v) is 4.55. The van der Waals surface area contributed by atoms with E-state index in [1.54, 1.807) is 11.0 Å². The van der Waals surface area contributed by atoms with Crippen molar-refractivity contribution < 1.29 is 9.18 Å². The molecule has 1 unspecified atom stereocenters. The molecule has 1 atom stereocenters. The van der Waals surface area contributed by atoms with Crippen molar-refractivity contribution in [1.29, 1.82) is 0 Å². The number of benzene rings is 1. The van der Waals surface area contributed by atoms with E-state index in [4.69, 9.17) is 0 Å². The third kappa shape index (κ3) is 2.07. The van der Waals surface area contributed by atoms with Gasteiger partial charge >= 0.3 is 0 Å². The zero-order valence-corrected chi connectivity index (χ0v) is 10.0. The summed E-state index contributed by atoms with van der Waals surface area (Å²) in [7, 11) is 0. The Morgan fingerprint density at radius 2 is 2.31 bits per heavy atom. The van der Waals surface area contributed by atoms with Gasteiger partial charge in [-0.3, -0.25) is 4.79 Å². The van der Waals surface area contributed by atoms with E-state index in [0.29, 0.717) is 24.6 Å². The van der Waals surface area contributed by atoms with E-state index in [2.05, 4.69) is 12.6 Å². The second-order valence-electron chi connectivity index (χ2n) is 4.19. The highest BCUT2D eigenvalue weighted by molar-refractivity contribution is 7.80. The highest BCUT2D eigenvalue weighted by Crippen LogP contribution is 2.28. The largest absolute Gasteiger partial charge is 0.312 e. The first-order valence-electron chi connectivity index (χ1n) is 5.29. The minimum absolute atomic E-state index is 0.105. The Hall–Kier alpha value is -1.03. The van der Waals surface area contributed by atoms with Gasteiger partial charge in [-0.15, -0.1) is 0 Å². The minimum atomic E-state index is -0.265. The number of carbonyl (C=O) groups is 1. The molecule has 0 spiro atoms. The summed E-state index contributed by atoms with van der Waals surface area (Å²) in [6.45, 7) is 2.51. The van der Waals surface area contributed by atoms with Gasteiger partial charge in [-0.25, -0.2) is 4.39 Å². The summed E-state index contributed by atoms with van der Waals surface area (Å²) in [6.07, 6.45) is 0.542. The number of hydrogen-bond acceptors (Lipinski definition) is 2. The van der Waals surface area contributed by atoms with Crippen LogP contribution in [0, 0.1) is 18.7 Å². The van der Waals surface area contributed by atoms with Crippen molar-refractivity contribution in [2.24, 2.45) is 5.92 Å². The molecule has 2 nitrogen and oxygen atoms in total. The van der Waals surface area contributed by atoms with E-state index in [9.17, 15) is 9.18 Å². The maximum atomic E-state index is 13.0. The monoisotopic (exact) mass is 239 g/mol. The van der Waals surface area contributed by atoms with Crippen LogP contribution < -0.4 is 4.90 Å². The summed E-state index contributed by atoms with van der Waals surface area (Å²) in [5, 5.41) is 0. The predicted molar refractivity (Wildman–Crippen MR) is 65.5 cm³/mol. The number of rotatable bonds is 2. The van der Waals surface area contributed by atoms with E-state index in [1.807, 2.05) is 6.92 Å². The van der Waals surface area contributed by atoms with Gasteiger partial charge in [-0.1, -0.05) is 0 Å². The fraction of sp³-hybridized carbons (Fsp3) is 0.417. The molecule has 0 bridgehead atoms. The van der Waals surface area contributed by atoms with Gasteiger partial charge in [0.2, 0.25) is 5.91 Å². The molecule has 0 radical (unpaired) electrons. The quantitative estimate of drug-likeness (QED) is 0.786. The first-order valence-corrected chi connectivity index (χ1v) is 5.92. The molecule has 1 saturated heterocycles. The van der Waals surface area contributed by atoms with Gasteiger partial charge in [-0.05, 0) is 42.4 Å². The second kappa shape index (κ2) is 4.45. The van der Waals surface area contributed by atoms with Crippen LogP contribution in [0.1, 0.15) is 12.0 Å². The van der Waals surface area contributed by atoms with Crippen molar-refractivity contribution in [2.75, 3.05) is 17.2 Å². The van der Waals surface area contributed by atoms with Crippen molar-refractivity contribution in [3.8, 4) is 0 Å². The number of carbonyl (C=O) groups excluding carboxylic acids is 1. The van der Waals surface area contributed by atoms with Crippen LogP contribution in [-0.4, -0.2) is 18.2 Å². The topological polar surface area (TPSA) is 20.3 Å². The summed E-state index contributed by atoms with van der Waals surface area (Å²) in [4.78, 5) is 13.5. The lowest BCUT2D eigenvalue weighted by atomic mass is 10.1. The number of nitrogens with zero attached hydrogens (tertiary/aromatic N) is 1. The van der Waals surface area contributed by atoms with Gasteiger partial charge in [-0.2, -0.15) is 12.6 Å². The molecule has 4 heteroatoms. The fourth-order valence-corrected chi connectivity index (χ4v) is 2.30. The van der Waals surface area contributed by atoms with Crippen molar-refractivity contribution in [3.05, 3.63) is 29.6 Å². The van der Waals surface area contributed by atoms with E-state index in [0.717, 1.165) is 11.3 Å². The van der Waals surface area contributed by atoms with Crippen LogP contribution in [0.25, 0.3) is 0 Å². The lowest BCUT2D eigenvalue weighted by Crippen LogP contribution is -2.25. The average molecular weight is 239 g/mol. The fourth-order valence-electron chi connectivity index (χ4n) is 2.06. The molecule has 0 saturated carbocycles. The van der Waals surface area contributed by atoms with Gasteiger partial charge in [0.15, 0.2) is 0 Å². The van der Waals surface area contributed by atoms with Crippen LogP contribution in [0.4, 0.5) is 10.1 Å². The molecule has 1 aromatic rings. The average Bonchev–Trinajstić information content (AvgIpc) is 2.60. The normalized spacial score (nSPS) is 20.6. The standard InChI is InChI=1S/C12H14FNOS/c1-8-4-10(13)2-3-11(8)14-6-9(7-16)5-12(14)15/h2-4,9,16H,5-7H2,1H3. The minimum Gasteiger partial charge on any atom is -0.312 e. The maximum Gasteiger partial charge on any atom is 0.227 e. The first-order chi connectivity index (χ1) is 7.61. The van der Waals surface area contributed by atoms with Crippen LogP contribution in [0.3, 0.4) is 0 Å². The zero-order chi connectivity index (χ0) is 11.7. The van der Waals surface area contributed by atoms with Crippen LogP contribution in [0.5, 0.6) is 0 Å². The molecule has 1 aromatic carbocycles. The van der Waals surface area contributed by atoms with Gasteiger partial charge in [0.25, 0.3) is 0 Å². The SMILES string of the molecule is Cc1cc(F)ccc1N1CC(CS)CC1=O. The van der Waals surface area contributed by atoms with Gasteiger partial charge in [0, 0.05) is 18.7 Å².